The molecule has 0 saturated carbocycles. The smallest absolute Gasteiger partial charge is 0.231 e. The number of aliphatic hydroxyl groups is 1. The number of benzene rings is 1. The van der Waals surface area contributed by atoms with Crippen molar-refractivity contribution in [1.82, 2.24) is 0 Å². The van der Waals surface area contributed by atoms with Gasteiger partial charge in [0.25, 0.3) is 0 Å². The van der Waals surface area contributed by atoms with Gasteiger partial charge in [0.05, 0.1) is 6.10 Å². The van der Waals surface area contributed by atoms with Gasteiger partial charge in [-0.1, -0.05) is 15.9 Å². The van der Waals surface area contributed by atoms with Crippen LogP contribution in [0.15, 0.2) is 16.6 Å². The number of aliphatic hydroxyl groups excluding tert-OH is 1. The topological polar surface area (TPSA) is 64.7 Å². The lowest BCUT2D eigenvalue weighted by molar-refractivity contribution is 0.161. The molecule has 0 saturated heterocycles. The first kappa shape index (κ1) is 9.76. The molecule has 2 rings (SSSR count). The molecule has 1 aliphatic rings. The van der Waals surface area contributed by atoms with Crippen molar-refractivity contribution in [1.29, 1.82) is 0 Å². The molecule has 0 fully saturated rings. The van der Waals surface area contributed by atoms with Crippen molar-refractivity contribution in [3.05, 3.63) is 22.2 Å². The van der Waals surface area contributed by atoms with E-state index in [0.717, 1.165) is 4.47 Å². The summed E-state index contributed by atoms with van der Waals surface area (Å²) < 4.78 is 11.3. The van der Waals surface area contributed by atoms with Crippen LogP contribution in [0.5, 0.6) is 11.5 Å². The van der Waals surface area contributed by atoms with E-state index < -0.39 is 6.10 Å². The summed E-state index contributed by atoms with van der Waals surface area (Å²) in [6, 6.07) is 3.58. The molecule has 0 bridgehead atoms. The molecule has 1 atom stereocenters. The van der Waals surface area contributed by atoms with E-state index in [9.17, 15) is 5.11 Å². The van der Waals surface area contributed by atoms with Crippen molar-refractivity contribution in [2.75, 3.05) is 13.3 Å². The average Bonchev–Trinajstić information content (AvgIpc) is 2.62. The number of halogens is 1. The molecule has 0 spiro atoms. The van der Waals surface area contributed by atoms with Crippen LogP contribution in [-0.2, 0) is 0 Å². The van der Waals surface area contributed by atoms with Crippen molar-refractivity contribution < 1.29 is 14.6 Å². The molecular weight excluding hydrogens is 250 g/mol. The van der Waals surface area contributed by atoms with Gasteiger partial charge >= 0.3 is 0 Å². The Morgan fingerprint density at radius 2 is 2.29 bits per heavy atom. The summed E-state index contributed by atoms with van der Waals surface area (Å²) in [7, 11) is 0. The molecule has 1 aliphatic heterocycles. The molecule has 5 heteroatoms. The van der Waals surface area contributed by atoms with E-state index in [-0.39, 0.29) is 13.3 Å². The molecule has 0 radical (unpaired) electrons. The third-order valence-corrected chi connectivity index (χ3v) is 2.51. The van der Waals surface area contributed by atoms with Gasteiger partial charge in [-0.15, -0.1) is 0 Å². The van der Waals surface area contributed by atoms with Crippen molar-refractivity contribution in [3.63, 3.8) is 0 Å². The predicted molar refractivity (Wildman–Crippen MR) is 54.3 cm³/mol. The third-order valence-electron chi connectivity index (χ3n) is 2.05. The molecule has 0 amide bonds. The largest absolute Gasteiger partial charge is 0.454 e. The van der Waals surface area contributed by atoms with E-state index >= 15 is 0 Å². The van der Waals surface area contributed by atoms with E-state index in [4.69, 9.17) is 15.2 Å². The van der Waals surface area contributed by atoms with Gasteiger partial charge in [-0.2, -0.15) is 0 Å². The maximum atomic E-state index is 9.64. The van der Waals surface area contributed by atoms with Crippen LogP contribution in [0.1, 0.15) is 11.7 Å². The summed E-state index contributed by atoms with van der Waals surface area (Å²) in [5.41, 5.74) is 6.05. The first-order valence-electron chi connectivity index (χ1n) is 4.19. The molecule has 14 heavy (non-hydrogen) atoms. The van der Waals surface area contributed by atoms with E-state index in [2.05, 4.69) is 15.9 Å². The zero-order valence-corrected chi connectivity index (χ0v) is 8.95. The molecule has 3 N–H and O–H groups in total. The third kappa shape index (κ3) is 1.58. The fourth-order valence-electron chi connectivity index (χ4n) is 1.38. The van der Waals surface area contributed by atoms with Gasteiger partial charge in [-0.3, -0.25) is 0 Å². The Hall–Kier alpha value is -0.780. The molecule has 1 aromatic rings. The highest BCUT2D eigenvalue weighted by atomic mass is 79.9. The molecule has 0 aliphatic carbocycles. The van der Waals surface area contributed by atoms with Crippen LogP contribution >= 0.6 is 15.9 Å². The summed E-state index contributed by atoms with van der Waals surface area (Å²) >= 11 is 3.33. The lowest BCUT2D eigenvalue weighted by Crippen LogP contribution is -2.12. The van der Waals surface area contributed by atoms with Crippen LogP contribution in [0.3, 0.4) is 0 Å². The summed E-state index contributed by atoms with van der Waals surface area (Å²) in [6.45, 7) is 0.350. The molecule has 1 unspecified atom stereocenters. The zero-order valence-electron chi connectivity index (χ0n) is 7.37. The normalized spacial score (nSPS) is 15.6. The van der Waals surface area contributed by atoms with Gasteiger partial charge in [-0.05, 0) is 12.1 Å². The minimum Gasteiger partial charge on any atom is -0.454 e. The second-order valence-electron chi connectivity index (χ2n) is 2.98. The Kier molecular flexibility index (Phi) is 2.62. The number of hydrogen-bond acceptors (Lipinski definition) is 4. The zero-order chi connectivity index (χ0) is 10.1. The average molecular weight is 260 g/mol. The van der Waals surface area contributed by atoms with Crippen molar-refractivity contribution >= 4 is 15.9 Å². The first-order valence-corrected chi connectivity index (χ1v) is 4.99. The highest BCUT2D eigenvalue weighted by Crippen LogP contribution is 2.40. The number of fused-ring (bicyclic) bond motifs is 1. The lowest BCUT2D eigenvalue weighted by atomic mass is 10.1. The Bertz CT molecular complexity index is 356. The van der Waals surface area contributed by atoms with E-state index in [0.29, 0.717) is 17.1 Å². The van der Waals surface area contributed by atoms with Gasteiger partial charge in [0.1, 0.15) is 0 Å². The molecule has 1 aromatic carbocycles. The fraction of sp³-hybridized carbons (Fsp3) is 0.333. The number of rotatable bonds is 2. The van der Waals surface area contributed by atoms with E-state index in [1.165, 1.54) is 0 Å². The number of nitrogens with two attached hydrogens (primary N) is 1. The SMILES string of the molecule is NCC(O)c1cc(Br)cc2c1OCO2. The molecule has 0 aromatic heterocycles. The minimum atomic E-state index is -0.719. The van der Waals surface area contributed by atoms with Crippen molar-refractivity contribution in [3.8, 4) is 11.5 Å². The first-order chi connectivity index (χ1) is 6.72. The maximum absolute atomic E-state index is 9.64. The van der Waals surface area contributed by atoms with Crippen LogP contribution in [0.2, 0.25) is 0 Å². The Morgan fingerprint density at radius 3 is 3.00 bits per heavy atom. The monoisotopic (exact) mass is 259 g/mol. The summed E-state index contributed by atoms with van der Waals surface area (Å²) in [4.78, 5) is 0. The van der Waals surface area contributed by atoms with Crippen molar-refractivity contribution in [2.45, 2.75) is 6.10 Å². The minimum absolute atomic E-state index is 0.159. The number of ether oxygens (including phenoxy) is 2. The standard InChI is InChI=1S/C9H10BrNO3/c10-5-1-6(7(12)3-11)9-8(2-5)13-4-14-9/h1-2,7,12H,3-4,11H2. The van der Waals surface area contributed by atoms with Crippen LogP contribution in [-0.4, -0.2) is 18.4 Å². The van der Waals surface area contributed by atoms with Crippen molar-refractivity contribution in [2.24, 2.45) is 5.73 Å². The quantitative estimate of drug-likeness (QED) is 0.837. The lowest BCUT2D eigenvalue weighted by Gasteiger charge is -2.11. The van der Waals surface area contributed by atoms with Crippen LogP contribution in [0.25, 0.3) is 0 Å². The predicted octanol–water partition coefficient (Wildman–Crippen LogP) is 1.17. The Morgan fingerprint density at radius 1 is 1.50 bits per heavy atom. The van der Waals surface area contributed by atoms with Crippen LogP contribution in [0.4, 0.5) is 0 Å². The highest BCUT2D eigenvalue weighted by Gasteiger charge is 2.22. The van der Waals surface area contributed by atoms with E-state index in [1.54, 1.807) is 12.1 Å². The van der Waals surface area contributed by atoms with Gasteiger partial charge in [0.15, 0.2) is 11.5 Å². The molecule has 4 nitrogen and oxygen atoms in total. The maximum Gasteiger partial charge on any atom is 0.231 e. The second-order valence-corrected chi connectivity index (χ2v) is 3.90. The Balaban J connectivity index is 2.48. The summed E-state index contributed by atoms with van der Waals surface area (Å²) in [5.74, 6) is 1.23. The molecule has 76 valence electrons. The Labute approximate surface area is 89.7 Å². The van der Waals surface area contributed by atoms with E-state index in [1.807, 2.05) is 0 Å². The molecule has 1 heterocycles. The van der Waals surface area contributed by atoms with Gasteiger partial charge in [-0.25, -0.2) is 0 Å². The highest BCUT2D eigenvalue weighted by molar-refractivity contribution is 9.10. The summed E-state index contributed by atoms with van der Waals surface area (Å²) in [6.07, 6.45) is -0.719. The molecular formula is C9H10BrNO3. The number of hydrogen-bond donors (Lipinski definition) is 2. The van der Waals surface area contributed by atoms with Crippen LogP contribution in [0, 0.1) is 0 Å². The second kappa shape index (κ2) is 3.76. The summed E-state index contributed by atoms with van der Waals surface area (Å²) in [5, 5.41) is 9.64. The van der Waals surface area contributed by atoms with Gasteiger partial charge in [0.2, 0.25) is 6.79 Å². The van der Waals surface area contributed by atoms with Gasteiger partial charge < -0.3 is 20.3 Å². The fourth-order valence-corrected chi connectivity index (χ4v) is 1.83. The van der Waals surface area contributed by atoms with Gasteiger partial charge in [0, 0.05) is 16.6 Å². The van der Waals surface area contributed by atoms with Crippen LogP contribution < -0.4 is 15.2 Å².